The Morgan fingerprint density at radius 1 is 1.00 bits per heavy atom. The number of nitrogens with zero attached hydrogens (tertiary/aromatic N) is 7. The van der Waals surface area contributed by atoms with E-state index in [-0.39, 0.29) is 56.2 Å². The van der Waals surface area contributed by atoms with E-state index in [0.29, 0.717) is 22.6 Å². The van der Waals surface area contributed by atoms with Gasteiger partial charge in [0, 0.05) is 82.9 Å². The molecule has 19 heteroatoms. The smallest absolute Gasteiger partial charge is 0.379 e. The lowest BCUT2D eigenvalue weighted by Gasteiger charge is -2.34. The van der Waals surface area contributed by atoms with Crippen LogP contribution in [0.2, 0.25) is 25.7 Å². The van der Waals surface area contributed by atoms with Crippen molar-refractivity contribution in [1.82, 2.24) is 29.2 Å². The van der Waals surface area contributed by atoms with Crippen molar-refractivity contribution in [3.8, 4) is 0 Å². The summed E-state index contributed by atoms with van der Waals surface area (Å²) in [6.45, 7) is 8.62. The van der Waals surface area contributed by atoms with Crippen molar-refractivity contribution < 1.29 is 40.3 Å². The van der Waals surface area contributed by atoms with Crippen LogP contribution in [-0.2, 0) is 30.4 Å². The molecule has 1 aromatic carbocycles. The Morgan fingerprint density at radius 2 is 1.67 bits per heavy atom. The van der Waals surface area contributed by atoms with Gasteiger partial charge >= 0.3 is 12.4 Å². The second kappa shape index (κ2) is 14.6. The molecule has 1 aliphatic rings. The molecule has 1 amide bonds. The lowest BCUT2D eigenvalue weighted by molar-refractivity contribution is -0.139. The predicted molar refractivity (Wildman–Crippen MR) is 178 cm³/mol. The molecule has 4 heterocycles. The van der Waals surface area contributed by atoms with Crippen molar-refractivity contribution >= 4 is 36.5 Å². The second-order valence-electron chi connectivity index (χ2n) is 13.5. The van der Waals surface area contributed by atoms with E-state index in [1.54, 1.807) is 16.4 Å². The summed E-state index contributed by atoms with van der Waals surface area (Å²) in [6.07, 6.45) is -5.77. The Labute approximate surface area is 289 Å². The zero-order valence-electron chi connectivity index (χ0n) is 28.3. The molecule has 1 saturated heterocycles. The van der Waals surface area contributed by atoms with Gasteiger partial charge in [0.2, 0.25) is 5.95 Å². The summed E-state index contributed by atoms with van der Waals surface area (Å²) in [5, 5.41) is 6.91. The van der Waals surface area contributed by atoms with Crippen LogP contribution in [0, 0.1) is 5.82 Å². The average Bonchev–Trinajstić information content (AvgIpc) is 3.39. The molecular weight excluding hydrogens is 705 g/mol. The van der Waals surface area contributed by atoms with Gasteiger partial charge in [-0.05, 0) is 31.2 Å². The molecule has 1 aliphatic heterocycles. The molecule has 3 aromatic heterocycles. The maximum absolute atomic E-state index is 14.4. The Kier molecular flexibility index (Phi) is 10.8. The molecule has 1 atom stereocenters. The van der Waals surface area contributed by atoms with Crippen LogP contribution in [-0.4, -0.2) is 82.0 Å². The van der Waals surface area contributed by atoms with Crippen LogP contribution in [0.4, 0.5) is 42.4 Å². The fraction of sp³-hybridized carbons (Fsp3) is 0.469. The standard InChI is InChI=1S/C32H37F7N8O3Si/c1-20(43-25-16-42-47(19-50-11-12-51(2,3)4)29(49)27(25)32(37,38)39)17-46-18-24(23-13-22(33)5-6-26(23)46)28(48)44-7-9-45(10-8-44)30-40-14-21(15-41-30)31(34,35)36/h5-6,13-16,18,20,43H,7-12,17,19H2,1-4H3. The van der Waals surface area contributed by atoms with Gasteiger partial charge in [-0.2, -0.15) is 31.4 Å². The third-order valence-electron chi connectivity index (χ3n) is 8.30. The van der Waals surface area contributed by atoms with Gasteiger partial charge in [-0.1, -0.05) is 19.6 Å². The summed E-state index contributed by atoms with van der Waals surface area (Å²) in [5.41, 5.74) is -3.67. The molecule has 1 N–H and O–H groups in total. The van der Waals surface area contributed by atoms with Crippen LogP contribution in [0.3, 0.4) is 0 Å². The number of alkyl halides is 6. The highest BCUT2D eigenvalue weighted by Gasteiger charge is 2.39. The summed E-state index contributed by atoms with van der Waals surface area (Å²) in [7, 11) is -1.46. The van der Waals surface area contributed by atoms with E-state index in [0.717, 1.165) is 12.2 Å². The van der Waals surface area contributed by atoms with E-state index in [2.05, 4.69) is 40.0 Å². The van der Waals surface area contributed by atoms with E-state index in [9.17, 15) is 40.3 Å². The number of anilines is 2. The fourth-order valence-electron chi connectivity index (χ4n) is 5.60. The van der Waals surface area contributed by atoms with Crippen molar-refractivity contribution in [3.63, 3.8) is 0 Å². The molecular formula is C32H37F7N8O3Si. The zero-order valence-corrected chi connectivity index (χ0v) is 29.3. The van der Waals surface area contributed by atoms with Crippen LogP contribution < -0.4 is 15.8 Å². The molecule has 0 saturated carbocycles. The number of rotatable bonds is 11. The summed E-state index contributed by atoms with van der Waals surface area (Å²) in [4.78, 5) is 37.4. The van der Waals surface area contributed by atoms with Crippen LogP contribution in [0.15, 0.2) is 47.8 Å². The molecule has 1 unspecified atom stereocenters. The number of hydrogen-bond donors (Lipinski definition) is 1. The monoisotopic (exact) mass is 742 g/mol. The van der Waals surface area contributed by atoms with E-state index in [1.807, 2.05) is 0 Å². The molecule has 0 spiro atoms. The number of piperazine rings is 1. The number of aromatic nitrogens is 5. The lowest BCUT2D eigenvalue weighted by atomic mass is 10.1. The highest BCUT2D eigenvalue weighted by Crippen LogP contribution is 2.33. The van der Waals surface area contributed by atoms with Crippen molar-refractivity contribution in [2.45, 2.75) is 64.3 Å². The highest BCUT2D eigenvalue weighted by molar-refractivity contribution is 6.76. The number of halogens is 7. The number of amides is 1. The first kappa shape index (κ1) is 37.7. The van der Waals surface area contributed by atoms with Crippen LogP contribution in [0.1, 0.15) is 28.4 Å². The van der Waals surface area contributed by atoms with E-state index < -0.39 is 67.3 Å². The quantitative estimate of drug-likeness (QED) is 0.114. The first-order chi connectivity index (χ1) is 23.8. The van der Waals surface area contributed by atoms with Crippen LogP contribution in [0.25, 0.3) is 10.9 Å². The minimum Gasteiger partial charge on any atom is -0.379 e. The summed E-state index contributed by atoms with van der Waals surface area (Å²) in [5.74, 6) is -0.949. The van der Waals surface area contributed by atoms with Gasteiger partial charge in [-0.3, -0.25) is 9.59 Å². The van der Waals surface area contributed by atoms with Crippen molar-refractivity contribution in [1.29, 1.82) is 0 Å². The number of benzene rings is 1. The molecule has 11 nitrogen and oxygen atoms in total. The number of fused-ring (bicyclic) bond motifs is 1. The highest BCUT2D eigenvalue weighted by atomic mass is 28.3. The maximum Gasteiger partial charge on any atom is 0.423 e. The SMILES string of the molecule is CC(Cn1cc(C(=O)N2CCN(c3ncc(C(F)(F)F)cn3)CC2)c2cc(F)ccc21)Nc1cnn(COCC[Si](C)(C)C)c(=O)c1C(F)(F)F. The van der Waals surface area contributed by atoms with E-state index in [1.165, 1.54) is 29.3 Å². The van der Waals surface area contributed by atoms with Crippen LogP contribution >= 0.6 is 0 Å². The minimum atomic E-state index is -5.00. The van der Waals surface area contributed by atoms with Crippen LogP contribution in [0.5, 0.6) is 0 Å². The molecule has 1 fully saturated rings. The molecule has 0 bridgehead atoms. The normalized spacial score (nSPS) is 15.0. The Bertz CT molecular complexity index is 1920. The molecule has 0 radical (unpaired) electrons. The van der Waals surface area contributed by atoms with Gasteiger partial charge in [0.15, 0.2) is 0 Å². The van der Waals surface area contributed by atoms with Gasteiger partial charge in [0.25, 0.3) is 11.5 Å². The third-order valence-corrected chi connectivity index (χ3v) is 10.0. The maximum atomic E-state index is 14.4. The number of nitrogens with one attached hydrogen (secondary N) is 1. The Morgan fingerprint density at radius 3 is 2.27 bits per heavy atom. The second-order valence-corrected chi connectivity index (χ2v) is 19.2. The van der Waals surface area contributed by atoms with Gasteiger partial charge in [-0.15, -0.1) is 0 Å². The predicted octanol–water partition coefficient (Wildman–Crippen LogP) is 5.94. The third kappa shape index (κ3) is 9.05. The Hall–Kier alpha value is -4.52. The molecule has 51 heavy (non-hydrogen) atoms. The summed E-state index contributed by atoms with van der Waals surface area (Å²) >= 11 is 0. The summed E-state index contributed by atoms with van der Waals surface area (Å²) in [6, 6.07) is 3.88. The van der Waals surface area contributed by atoms with Crippen molar-refractivity contribution in [3.05, 3.63) is 75.8 Å². The number of ether oxygens (including phenoxy) is 1. The zero-order chi connectivity index (χ0) is 37.3. The van der Waals surface area contributed by atoms with Gasteiger partial charge in [0.1, 0.15) is 18.1 Å². The minimum absolute atomic E-state index is 0.0225. The number of carbonyl (C=O) groups excluding carboxylic acids is 1. The molecule has 0 aliphatic carbocycles. The molecule has 5 rings (SSSR count). The number of carbonyl (C=O) groups is 1. The average molecular weight is 743 g/mol. The van der Waals surface area contributed by atoms with E-state index >= 15 is 0 Å². The van der Waals surface area contributed by atoms with E-state index in [4.69, 9.17) is 4.74 Å². The van der Waals surface area contributed by atoms with Gasteiger partial charge in [-0.25, -0.2) is 19.0 Å². The lowest BCUT2D eigenvalue weighted by Crippen LogP contribution is -2.49. The van der Waals surface area contributed by atoms with Crippen molar-refractivity contribution in [2.24, 2.45) is 0 Å². The summed E-state index contributed by atoms with van der Waals surface area (Å²) < 4.78 is 103. The Balaban J connectivity index is 1.30. The topological polar surface area (TPSA) is 110 Å². The van der Waals surface area contributed by atoms with Gasteiger partial charge < -0.3 is 24.4 Å². The molecule has 276 valence electrons. The fourth-order valence-corrected chi connectivity index (χ4v) is 6.36. The largest absolute Gasteiger partial charge is 0.423 e. The van der Waals surface area contributed by atoms with Crippen molar-refractivity contribution in [2.75, 3.05) is 43.0 Å². The first-order valence-electron chi connectivity index (χ1n) is 16.1. The van der Waals surface area contributed by atoms with Gasteiger partial charge in [0.05, 0.1) is 23.0 Å². The first-order valence-corrected chi connectivity index (χ1v) is 19.8. The molecule has 4 aromatic rings. The number of hydrogen-bond acceptors (Lipinski definition) is 8.